The van der Waals surface area contributed by atoms with Crippen LogP contribution in [0.4, 0.5) is 11.4 Å². The second-order valence-corrected chi connectivity index (χ2v) is 5.04. The Morgan fingerprint density at radius 3 is 2.79 bits per heavy atom. The normalized spacial score (nSPS) is 9.96. The van der Waals surface area contributed by atoms with Crippen LogP contribution in [0.2, 0.25) is 0 Å². The largest absolute Gasteiger partial charge is 0.399 e. The number of carbonyl (C=O) groups excluding carboxylic acids is 1. The Morgan fingerprint density at radius 2 is 2.04 bits per heavy atom. The zero-order chi connectivity index (χ0) is 16.9. The molecule has 6 heteroatoms. The monoisotopic (exact) mass is 315 g/mol. The molecule has 0 saturated heterocycles. The van der Waals surface area contributed by atoms with Crippen LogP contribution in [0.25, 0.3) is 11.1 Å². The van der Waals surface area contributed by atoms with Crippen molar-refractivity contribution in [1.29, 1.82) is 5.26 Å². The fourth-order valence-electron chi connectivity index (χ4n) is 2.28. The van der Waals surface area contributed by atoms with Crippen molar-refractivity contribution in [1.82, 2.24) is 9.97 Å². The molecule has 0 unspecified atom stereocenters. The van der Waals surface area contributed by atoms with E-state index in [1.165, 1.54) is 18.6 Å². The van der Waals surface area contributed by atoms with Crippen LogP contribution in [0, 0.1) is 11.3 Å². The predicted molar refractivity (Wildman–Crippen MR) is 91.0 cm³/mol. The number of nitriles is 1. The molecule has 1 heterocycles. The molecule has 1 amide bonds. The first-order valence-electron chi connectivity index (χ1n) is 7.15. The average molecular weight is 315 g/mol. The summed E-state index contributed by atoms with van der Waals surface area (Å²) >= 11 is 0. The lowest BCUT2D eigenvalue weighted by atomic mass is 10.0. The van der Waals surface area contributed by atoms with E-state index in [2.05, 4.69) is 21.4 Å². The molecule has 0 aliphatic heterocycles. The van der Waals surface area contributed by atoms with Crippen molar-refractivity contribution in [3.8, 4) is 17.2 Å². The van der Waals surface area contributed by atoms with E-state index >= 15 is 0 Å². The van der Waals surface area contributed by atoms with Crippen molar-refractivity contribution >= 4 is 17.3 Å². The van der Waals surface area contributed by atoms with E-state index in [-0.39, 0.29) is 11.6 Å². The lowest BCUT2D eigenvalue weighted by Crippen LogP contribution is -2.14. The molecule has 0 saturated carbocycles. The Hall–Kier alpha value is -3.72. The molecule has 1 aromatic heterocycles. The van der Waals surface area contributed by atoms with Gasteiger partial charge in [0, 0.05) is 23.6 Å². The molecular weight excluding hydrogens is 302 g/mol. The van der Waals surface area contributed by atoms with Crippen molar-refractivity contribution in [2.45, 2.75) is 0 Å². The quantitative estimate of drug-likeness (QED) is 0.723. The van der Waals surface area contributed by atoms with Gasteiger partial charge in [-0.15, -0.1) is 0 Å². The Morgan fingerprint density at radius 1 is 1.17 bits per heavy atom. The first-order valence-corrected chi connectivity index (χ1v) is 7.15. The third-order valence-corrected chi connectivity index (χ3v) is 3.39. The number of anilines is 2. The summed E-state index contributed by atoms with van der Waals surface area (Å²) < 4.78 is 0. The second-order valence-electron chi connectivity index (χ2n) is 5.04. The summed E-state index contributed by atoms with van der Waals surface area (Å²) in [6, 6.07) is 14.4. The third-order valence-electron chi connectivity index (χ3n) is 3.39. The van der Waals surface area contributed by atoms with Crippen LogP contribution in [-0.2, 0) is 0 Å². The van der Waals surface area contributed by atoms with Crippen LogP contribution >= 0.6 is 0 Å². The highest BCUT2D eigenvalue weighted by Crippen LogP contribution is 2.30. The van der Waals surface area contributed by atoms with E-state index in [4.69, 9.17) is 11.0 Å². The standard InChI is InChI=1S/C18H13N5O/c19-10-12-2-1-3-13(8-12)15-5-4-14(20)9-16(15)23-18(24)17-11-21-6-7-22-17/h1-9,11H,20H2,(H,23,24). The number of carbonyl (C=O) groups is 1. The van der Waals surface area contributed by atoms with Gasteiger partial charge in [-0.2, -0.15) is 5.26 Å². The van der Waals surface area contributed by atoms with Crippen molar-refractivity contribution in [3.63, 3.8) is 0 Å². The van der Waals surface area contributed by atoms with E-state index in [0.29, 0.717) is 16.9 Å². The zero-order valence-electron chi connectivity index (χ0n) is 12.6. The van der Waals surface area contributed by atoms with Gasteiger partial charge >= 0.3 is 0 Å². The summed E-state index contributed by atoms with van der Waals surface area (Å²) in [5, 5.41) is 11.9. The fourth-order valence-corrected chi connectivity index (χ4v) is 2.28. The molecule has 0 fully saturated rings. The van der Waals surface area contributed by atoms with Gasteiger partial charge in [0.1, 0.15) is 5.69 Å². The summed E-state index contributed by atoms with van der Waals surface area (Å²) in [4.78, 5) is 20.2. The number of amides is 1. The summed E-state index contributed by atoms with van der Waals surface area (Å²) in [5.41, 5.74) is 9.22. The number of nitrogens with two attached hydrogens (primary N) is 1. The Kier molecular flexibility index (Phi) is 4.17. The average Bonchev–Trinajstić information content (AvgIpc) is 2.62. The number of rotatable bonds is 3. The van der Waals surface area contributed by atoms with Gasteiger partial charge in [-0.25, -0.2) is 4.98 Å². The maximum absolute atomic E-state index is 12.3. The van der Waals surface area contributed by atoms with Gasteiger partial charge in [0.25, 0.3) is 5.91 Å². The molecule has 0 aliphatic rings. The summed E-state index contributed by atoms with van der Waals surface area (Å²) in [6.45, 7) is 0. The third kappa shape index (κ3) is 3.20. The number of nitrogen functional groups attached to an aromatic ring is 1. The lowest BCUT2D eigenvalue weighted by molar-refractivity contribution is 0.102. The highest BCUT2D eigenvalue weighted by Gasteiger charge is 2.12. The Labute approximate surface area is 138 Å². The van der Waals surface area contributed by atoms with Crippen LogP contribution in [0.3, 0.4) is 0 Å². The number of hydrogen-bond acceptors (Lipinski definition) is 5. The molecule has 0 aliphatic carbocycles. The van der Waals surface area contributed by atoms with Crippen LogP contribution < -0.4 is 11.1 Å². The molecular formula is C18H13N5O. The van der Waals surface area contributed by atoms with Crippen LogP contribution in [0.1, 0.15) is 16.1 Å². The Bertz CT molecular complexity index is 932. The highest BCUT2D eigenvalue weighted by atomic mass is 16.1. The predicted octanol–water partition coefficient (Wildman–Crippen LogP) is 2.85. The number of nitrogens with zero attached hydrogens (tertiary/aromatic N) is 3. The molecule has 6 nitrogen and oxygen atoms in total. The second kappa shape index (κ2) is 6.58. The van der Waals surface area contributed by atoms with Crippen LogP contribution in [0.5, 0.6) is 0 Å². The van der Waals surface area contributed by atoms with Gasteiger partial charge in [-0.1, -0.05) is 18.2 Å². The SMILES string of the molecule is N#Cc1cccc(-c2ccc(N)cc2NC(=O)c2cnccn2)c1. The molecule has 116 valence electrons. The van der Waals surface area contributed by atoms with E-state index in [0.717, 1.165) is 11.1 Å². The Balaban J connectivity index is 2.00. The zero-order valence-corrected chi connectivity index (χ0v) is 12.6. The maximum atomic E-state index is 12.3. The number of nitrogens with one attached hydrogen (secondary N) is 1. The molecule has 3 rings (SSSR count). The summed E-state index contributed by atoms with van der Waals surface area (Å²) in [7, 11) is 0. The summed E-state index contributed by atoms with van der Waals surface area (Å²) in [5.74, 6) is -0.383. The van der Waals surface area contributed by atoms with Crippen molar-refractivity contribution in [3.05, 3.63) is 72.3 Å². The minimum Gasteiger partial charge on any atom is -0.399 e. The van der Waals surface area contributed by atoms with Gasteiger partial charge in [0.15, 0.2) is 0 Å². The van der Waals surface area contributed by atoms with Gasteiger partial charge in [-0.3, -0.25) is 9.78 Å². The summed E-state index contributed by atoms with van der Waals surface area (Å²) in [6.07, 6.45) is 4.33. The minimum atomic E-state index is -0.383. The lowest BCUT2D eigenvalue weighted by Gasteiger charge is -2.12. The molecule has 0 spiro atoms. The molecule has 24 heavy (non-hydrogen) atoms. The molecule has 0 radical (unpaired) electrons. The van der Waals surface area contributed by atoms with Crippen LogP contribution in [-0.4, -0.2) is 15.9 Å². The van der Waals surface area contributed by atoms with E-state index in [9.17, 15) is 4.79 Å². The number of benzene rings is 2. The minimum absolute atomic E-state index is 0.205. The van der Waals surface area contributed by atoms with Crippen molar-refractivity contribution in [2.24, 2.45) is 0 Å². The first-order chi connectivity index (χ1) is 11.7. The highest BCUT2D eigenvalue weighted by molar-refractivity contribution is 6.05. The van der Waals surface area contributed by atoms with Gasteiger partial charge in [-0.05, 0) is 29.8 Å². The fraction of sp³-hybridized carbons (Fsp3) is 0. The van der Waals surface area contributed by atoms with Crippen molar-refractivity contribution < 1.29 is 4.79 Å². The van der Waals surface area contributed by atoms with E-state index in [1.54, 1.807) is 36.4 Å². The van der Waals surface area contributed by atoms with Crippen molar-refractivity contribution in [2.75, 3.05) is 11.1 Å². The molecule has 0 bridgehead atoms. The smallest absolute Gasteiger partial charge is 0.275 e. The van der Waals surface area contributed by atoms with E-state index in [1.807, 2.05) is 6.07 Å². The first kappa shape index (κ1) is 15.2. The molecule has 2 aromatic carbocycles. The van der Waals surface area contributed by atoms with E-state index < -0.39 is 0 Å². The topological polar surface area (TPSA) is 105 Å². The van der Waals surface area contributed by atoms with Gasteiger partial charge in [0.2, 0.25) is 0 Å². The maximum Gasteiger partial charge on any atom is 0.275 e. The molecule has 3 N–H and O–H groups in total. The molecule has 3 aromatic rings. The number of aromatic nitrogens is 2. The molecule has 0 atom stereocenters. The van der Waals surface area contributed by atoms with Gasteiger partial charge in [0.05, 0.1) is 23.5 Å². The van der Waals surface area contributed by atoms with Gasteiger partial charge < -0.3 is 11.1 Å². The number of hydrogen-bond donors (Lipinski definition) is 2. The van der Waals surface area contributed by atoms with Crippen LogP contribution in [0.15, 0.2) is 61.1 Å².